The molecule has 38 heavy (non-hydrogen) atoms. The minimum Gasteiger partial charge on any atom is -0.493 e. The highest BCUT2D eigenvalue weighted by Crippen LogP contribution is 2.29. The molecule has 1 aliphatic rings. The molecule has 0 bridgehead atoms. The lowest BCUT2D eigenvalue weighted by Gasteiger charge is -2.26. The molecular weight excluding hydrogens is 484 g/mol. The van der Waals surface area contributed by atoms with E-state index in [0.29, 0.717) is 60.5 Å². The highest BCUT2D eigenvalue weighted by Gasteiger charge is 2.18. The summed E-state index contributed by atoms with van der Waals surface area (Å²) in [6, 6.07) is 17.4. The molecular formula is C28H26N6O4. The maximum atomic E-state index is 12.6. The number of morpholine rings is 1. The van der Waals surface area contributed by atoms with Gasteiger partial charge in [-0.15, -0.1) is 0 Å². The van der Waals surface area contributed by atoms with Crippen molar-refractivity contribution >= 4 is 23.3 Å². The number of anilines is 2. The van der Waals surface area contributed by atoms with Gasteiger partial charge in [-0.05, 0) is 60.7 Å². The topological polar surface area (TPSA) is 119 Å². The molecule has 3 heterocycles. The molecule has 5 rings (SSSR count). The van der Waals surface area contributed by atoms with Crippen LogP contribution >= 0.6 is 0 Å². The molecule has 0 aliphatic carbocycles. The van der Waals surface area contributed by atoms with Gasteiger partial charge in [0.25, 0.3) is 5.91 Å². The molecule has 10 nitrogen and oxygen atoms in total. The highest BCUT2D eigenvalue weighted by molar-refractivity contribution is 6.00. The number of amides is 3. The van der Waals surface area contributed by atoms with Gasteiger partial charge < -0.3 is 25.0 Å². The fraction of sp³-hybridized carbons (Fsp3) is 0.179. The quantitative estimate of drug-likeness (QED) is 0.396. The second kappa shape index (κ2) is 11.5. The van der Waals surface area contributed by atoms with Crippen LogP contribution in [0.25, 0.3) is 22.6 Å². The molecule has 1 aliphatic heterocycles. The Kier molecular flexibility index (Phi) is 7.51. The minimum atomic E-state index is -0.398. The third-order valence-electron chi connectivity index (χ3n) is 6.02. The number of carbonyl (C=O) groups excluding carboxylic acids is 2. The Balaban J connectivity index is 1.22. The summed E-state index contributed by atoms with van der Waals surface area (Å²) >= 11 is 0. The van der Waals surface area contributed by atoms with Crippen molar-refractivity contribution in [1.82, 2.24) is 19.9 Å². The Hall–Kier alpha value is -4.83. The maximum Gasteiger partial charge on any atom is 0.323 e. The molecule has 0 atom stereocenters. The predicted octanol–water partition coefficient (Wildman–Crippen LogP) is 4.33. The molecule has 0 unspecified atom stereocenters. The maximum absolute atomic E-state index is 12.6. The molecule has 4 aromatic rings. The third-order valence-corrected chi connectivity index (χ3v) is 6.02. The Morgan fingerprint density at radius 2 is 1.50 bits per heavy atom. The lowest BCUT2D eigenvalue weighted by molar-refractivity contribution is 0.0303. The fourth-order valence-corrected chi connectivity index (χ4v) is 4.02. The molecule has 192 valence electrons. The normalized spacial score (nSPS) is 13.0. The van der Waals surface area contributed by atoms with Crippen molar-refractivity contribution in [2.24, 2.45) is 0 Å². The van der Waals surface area contributed by atoms with E-state index in [1.54, 1.807) is 67.0 Å². The molecule has 3 amide bonds. The van der Waals surface area contributed by atoms with Crippen LogP contribution in [0, 0.1) is 0 Å². The summed E-state index contributed by atoms with van der Waals surface area (Å²) in [7, 11) is 1.58. The van der Waals surface area contributed by atoms with E-state index in [1.165, 1.54) is 0 Å². The molecule has 2 N–H and O–H groups in total. The molecule has 0 spiro atoms. The van der Waals surface area contributed by atoms with E-state index in [9.17, 15) is 9.59 Å². The Morgan fingerprint density at radius 3 is 2.13 bits per heavy atom. The number of rotatable bonds is 6. The van der Waals surface area contributed by atoms with Crippen LogP contribution in [0.1, 0.15) is 10.4 Å². The van der Waals surface area contributed by atoms with Gasteiger partial charge >= 0.3 is 6.03 Å². The van der Waals surface area contributed by atoms with Crippen LogP contribution in [0.5, 0.6) is 5.75 Å². The van der Waals surface area contributed by atoms with Gasteiger partial charge in [-0.2, -0.15) is 0 Å². The SMILES string of the molecule is COc1cnc(-c2ccc(NC(=O)Nc3ccc(C(=O)N4CCOCC4)cc3)cc2)nc1-c1ccncc1. The predicted molar refractivity (Wildman–Crippen MR) is 143 cm³/mol. The average molecular weight is 511 g/mol. The zero-order chi connectivity index (χ0) is 26.3. The minimum absolute atomic E-state index is 0.0434. The number of nitrogens with one attached hydrogen (secondary N) is 2. The number of hydrogen-bond donors (Lipinski definition) is 2. The lowest BCUT2D eigenvalue weighted by atomic mass is 10.1. The summed E-state index contributed by atoms with van der Waals surface area (Å²) in [6.07, 6.45) is 5.03. The van der Waals surface area contributed by atoms with Gasteiger partial charge in [-0.1, -0.05) is 0 Å². The summed E-state index contributed by atoms with van der Waals surface area (Å²) in [6.45, 7) is 2.26. The smallest absolute Gasteiger partial charge is 0.323 e. The van der Waals surface area contributed by atoms with Crippen molar-refractivity contribution in [2.45, 2.75) is 0 Å². The Bertz CT molecular complexity index is 1410. The molecule has 0 radical (unpaired) electrons. The van der Waals surface area contributed by atoms with E-state index >= 15 is 0 Å². The fourth-order valence-electron chi connectivity index (χ4n) is 4.02. The average Bonchev–Trinajstić information content (AvgIpc) is 2.98. The van der Waals surface area contributed by atoms with Gasteiger partial charge in [-0.3, -0.25) is 9.78 Å². The number of aromatic nitrogens is 3. The number of pyridine rings is 1. The van der Waals surface area contributed by atoms with Crippen molar-refractivity contribution in [3.63, 3.8) is 0 Å². The summed E-state index contributed by atoms with van der Waals surface area (Å²) in [5.41, 5.74) is 4.07. The summed E-state index contributed by atoms with van der Waals surface area (Å²) in [5, 5.41) is 5.59. The molecule has 1 fully saturated rings. The van der Waals surface area contributed by atoms with Crippen LogP contribution in [-0.2, 0) is 4.74 Å². The number of benzene rings is 2. The lowest BCUT2D eigenvalue weighted by Crippen LogP contribution is -2.40. The molecule has 10 heteroatoms. The van der Waals surface area contributed by atoms with E-state index in [2.05, 4.69) is 25.6 Å². The number of hydrogen-bond acceptors (Lipinski definition) is 7. The van der Waals surface area contributed by atoms with Crippen molar-refractivity contribution < 1.29 is 19.1 Å². The zero-order valence-electron chi connectivity index (χ0n) is 20.8. The van der Waals surface area contributed by atoms with Crippen molar-refractivity contribution in [1.29, 1.82) is 0 Å². The first kappa shape index (κ1) is 24.8. The van der Waals surface area contributed by atoms with Crippen LogP contribution < -0.4 is 15.4 Å². The first-order chi connectivity index (χ1) is 18.6. The molecule has 1 saturated heterocycles. The van der Waals surface area contributed by atoms with Gasteiger partial charge in [0.05, 0.1) is 26.5 Å². The van der Waals surface area contributed by atoms with E-state index in [-0.39, 0.29) is 5.91 Å². The van der Waals surface area contributed by atoms with Crippen molar-refractivity contribution in [3.05, 3.63) is 84.8 Å². The van der Waals surface area contributed by atoms with E-state index in [1.807, 2.05) is 24.3 Å². The van der Waals surface area contributed by atoms with Crippen molar-refractivity contribution in [2.75, 3.05) is 44.0 Å². The number of carbonyl (C=O) groups is 2. The van der Waals surface area contributed by atoms with E-state index < -0.39 is 6.03 Å². The van der Waals surface area contributed by atoms with Gasteiger partial charge in [0.15, 0.2) is 11.6 Å². The zero-order valence-corrected chi connectivity index (χ0v) is 20.8. The van der Waals surface area contributed by atoms with E-state index in [0.717, 1.165) is 11.1 Å². The first-order valence-corrected chi connectivity index (χ1v) is 12.1. The summed E-state index contributed by atoms with van der Waals surface area (Å²) in [4.78, 5) is 40.0. The van der Waals surface area contributed by atoms with Crippen LogP contribution in [0.3, 0.4) is 0 Å². The number of nitrogens with zero attached hydrogens (tertiary/aromatic N) is 4. The highest BCUT2D eigenvalue weighted by atomic mass is 16.5. The number of ether oxygens (including phenoxy) is 2. The van der Waals surface area contributed by atoms with Gasteiger partial charge in [0, 0.05) is 53.5 Å². The van der Waals surface area contributed by atoms with Gasteiger partial charge in [0.2, 0.25) is 0 Å². The first-order valence-electron chi connectivity index (χ1n) is 12.1. The largest absolute Gasteiger partial charge is 0.493 e. The third kappa shape index (κ3) is 5.76. The molecule has 2 aromatic carbocycles. The van der Waals surface area contributed by atoms with Crippen molar-refractivity contribution in [3.8, 4) is 28.4 Å². The van der Waals surface area contributed by atoms with E-state index in [4.69, 9.17) is 9.47 Å². The standard InChI is InChI=1S/C28H26N6O4/c1-37-24-18-30-26(33-25(24)19-10-12-29-13-11-19)20-2-6-22(7-3-20)31-28(36)32-23-8-4-21(5-9-23)27(35)34-14-16-38-17-15-34/h2-13,18H,14-17H2,1H3,(H2,31,32,36). The number of methoxy groups -OCH3 is 1. The van der Waals surface area contributed by atoms with Gasteiger partial charge in [0.1, 0.15) is 5.69 Å². The van der Waals surface area contributed by atoms with Crippen LogP contribution in [0.4, 0.5) is 16.2 Å². The Morgan fingerprint density at radius 1 is 0.868 bits per heavy atom. The second-order valence-corrected chi connectivity index (χ2v) is 8.48. The summed E-state index contributed by atoms with van der Waals surface area (Å²) < 4.78 is 10.7. The monoisotopic (exact) mass is 510 g/mol. The van der Waals surface area contributed by atoms with Crippen LogP contribution in [0.15, 0.2) is 79.3 Å². The van der Waals surface area contributed by atoms with Gasteiger partial charge in [-0.25, -0.2) is 14.8 Å². The summed E-state index contributed by atoms with van der Waals surface area (Å²) in [5.74, 6) is 1.05. The Labute approximate surface area is 219 Å². The van der Waals surface area contributed by atoms with Crippen LogP contribution in [0.2, 0.25) is 0 Å². The van der Waals surface area contributed by atoms with Crippen LogP contribution in [-0.4, -0.2) is 65.2 Å². The second-order valence-electron chi connectivity index (χ2n) is 8.48. The molecule has 2 aromatic heterocycles. The molecule has 0 saturated carbocycles. The number of urea groups is 1.